The second-order valence-electron chi connectivity index (χ2n) is 5.13. The number of anilines is 1. The summed E-state index contributed by atoms with van der Waals surface area (Å²) < 4.78 is 0. The van der Waals surface area contributed by atoms with Gasteiger partial charge in [0.2, 0.25) is 5.91 Å². The van der Waals surface area contributed by atoms with Gasteiger partial charge < -0.3 is 5.32 Å². The van der Waals surface area contributed by atoms with Gasteiger partial charge in [0.1, 0.15) is 0 Å². The Labute approximate surface area is 118 Å². The van der Waals surface area contributed by atoms with Crippen molar-refractivity contribution >= 4 is 17.5 Å². The van der Waals surface area contributed by atoms with Crippen LogP contribution in [0.3, 0.4) is 0 Å². The average molecular weight is 276 g/mol. The van der Waals surface area contributed by atoms with E-state index in [-0.39, 0.29) is 17.7 Å². The van der Waals surface area contributed by atoms with E-state index in [0.29, 0.717) is 13.0 Å². The van der Waals surface area contributed by atoms with Crippen LogP contribution in [0.1, 0.15) is 32.1 Å². The molecule has 20 heavy (non-hydrogen) atoms. The Balaban J connectivity index is 1.53. The molecular formula is C15H20N2O3. The maximum atomic E-state index is 11.7. The molecule has 0 saturated carbocycles. The Kier molecular flexibility index (Phi) is 5.12. The zero-order chi connectivity index (χ0) is 14.4. The van der Waals surface area contributed by atoms with Gasteiger partial charge in [-0.2, -0.15) is 0 Å². The maximum Gasteiger partial charge on any atom is 0.250 e. The molecule has 5 nitrogen and oxygen atoms in total. The molecule has 2 N–H and O–H groups in total. The third kappa shape index (κ3) is 4.06. The zero-order valence-electron chi connectivity index (χ0n) is 11.4. The monoisotopic (exact) mass is 276 g/mol. The number of unbranched alkanes of at least 4 members (excludes halogenated alkanes) is 2. The first-order chi connectivity index (χ1) is 9.66. The van der Waals surface area contributed by atoms with Gasteiger partial charge in [-0.05, 0) is 25.0 Å². The van der Waals surface area contributed by atoms with Crippen molar-refractivity contribution < 1.29 is 14.8 Å². The lowest BCUT2D eigenvalue weighted by Crippen LogP contribution is -2.50. The van der Waals surface area contributed by atoms with Gasteiger partial charge in [-0.15, -0.1) is 0 Å². The van der Waals surface area contributed by atoms with Crippen molar-refractivity contribution in [2.24, 2.45) is 5.92 Å². The molecule has 5 heteroatoms. The zero-order valence-corrected chi connectivity index (χ0v) is 11.4. The molecule has 0 aliphatic carbocycles. The van der Waals surface area contributed by atoms with Gasteiger partial charge in [-0.3, -0.25) is 14.8 Å². The Morgan fingerprint density at radius 3 is 2.65 bits per heavy atom. The Morgan fingerprint density at radius 1 is 1.25 bits per heavy atom. The van der Waals surface area contributed by atoms with Crippen molar-refractivity contribution in [3.8, 4) is 0 Å². The van der Waals surface area contributed by atoms with Crippen molar-refractivity contribution in [3.05, 3.63) is 30.3 Å². The van der Waals surface area contributed by atoms with E-state index in [2.05, 4.69) is 5.32 Å². The summed E-state index contributed by atoms with van der Waals surface area (Å²) >= 11 is 0. The topological polar surface area (TPSA) is 69.6 Å². The molecule has 1 saturated heterocycles. The summed E-state index contributed by atoms with van der Waals surface area (Å²) in [6.45, 7) is 0.452. The number of carbonyl (C=O) groups is 2. The molecule has 108 valence electrons. The summed E-state index contributed by atoms with van der Waals surface area (Å²) in [6.07, 6.45) is 3.97. The number of amides is 2. The highest BCUT2D eigenvalue weighted by molar-refractivity contribution is 5.90. The molecule has 2 rings (SSSR count). The Morgan fingerprint density at radius 2 is 2.00 bits per heavy atom. The van der Waals surface area contributed by atoms with Crippen LogP contribution in [0.5, 0.6) is 0 Å². The summed E-state index contributed by atoms with van der Waals surface area (Å²) in [7, 11) is 0. The number of hydrogen-bond donors (Lipinski definition) is 2. The van der Waals surface area contributed by atoms with Crippen molar-refractivity contribution in [3.63, 3.8) is 0 Å². The van der Waals surface area contributed by atoms with E-state index in [0.717, 1.165) is 36.4 Å². The Bertz CT molecular complexity index is 461. The second-order valence-corrected chi connectivity index (χ2v) is 5.13. The number of nitrogens with one attached hydrogen (secondary N) is 1. The van der Waals surface area contributed by atoms with Crippen molar-refractivity contribution in [1.82, 2.24) is 5.06 Å². The van der Waals surface area contributed by atoms with Crippen LogP contribution in [0.15, 0.2) is 30.3 Å². The van der Waals surface area contributed by atoms with Crippen LogP contribution < -0.4 is 5.32 Å². The van der Waals surface area contributed by atoms with E-state index >= 15 is 0 Å². The SMILES string of the molecule is O=C(CCCCC[C@@H]1CN(O)C1=O)Nc1ccccc1. The van der Waals surface area contributed by atoms with Crippen molar-refractivity contribution in [2.75, 3.05) is 11.9 Å². The molecule has 1 heterocycles. The first-order valence-electron chi connectivity index (χ1n) is 7.02. The number of benzene rings is 1. The van der Waals surface area contributed by atoms with Crippen LogP contribution in [0.4, 0.5) is 5.69 Å². The third-order valence-electron chi connectivity index (χ3n) is 3.51. The normalized spacial score (nSPS) is 17.8. The molecule has 1 aliphatic rings. The van der Waals surface area contributed by atoms with Gasteiger partial charge in [0, 0.05) is 12.1 Å². The number of carbonyl (C=O) groups excluding carboxylic acids is 2. The van der Waals surface area contributed by atoms with Gasteiger partial charge >= 0.3 is 0 Å². The van der Waals surface area contributed by atoms with Gasteiger partial charge in [-0.1, -0.05) is 31.0 Å². The lowest BCUT2D eigenvalue weighted by Gasteiger charge is -2.32. The first-order valence-corrected chi connectivity index (χ1v) is 7.02. The van der Waals surface area contributed by atoms with E-state index in [1.54, 1.807) is 0 Å². The molecule has 0 bridgehead atoms. The Hall–Kier alpha value is -1.88. The fraction of sp³-hybridized carbons (Fsp3) is 0.467. The van der Waals surface area contributed by atoms with Crippen LogP contribution in [0.25, 0.3) is 0 Å². The van der Waals surface area contributed by atoms with Crippen LogP contribution in [0, 0.1) is 5.92 Å². The third-order valence-corrected chi connectivity index (χ3v) is 3.51. The van der Waals surface area contributed by atoms with Crippen LogP contribution in [-0.4, -0.2) is 28.6 Å². The number of para-hydroxylation sites is 1. The minimum Gasteiger partial charge on any atom is -0.326 e. The highest BCUT2D eigenvalue weighted by atomic mass is 16.5. The summed E-state index contributed by atoms with van der Waals surface area (Å²) in [5.74, 6) is -0.164. The number of β-lactam (4-membered cyclic amide) rings is 1. The fourth-order valence-corrected chi connectivity index (χ4v) is 2.29. The minimum absolute atomic E-state index is 0.0156. The maximum absolute atomic E-state index is 11.7. The van der Waals surface area contributed by atoms with Crippen molar-refractivity contribution in [1.29, 1.82) is 0 Å². The van der Waals surface area contributed by atoms with Gasteiger partial charge in [0.15, 0.2) is 0 Å². The van der Waals surface area contributed by atoms with E-state index in [9.17, 15) is 9.59 Å². The van der Waals surface area contributed by atoms with Gasteiger partial charge in [0.25, 0.3) is 5.91 Å². The molecule has 1 atom stereocenters. The lowest BCUT2D eigenvalue weighted by atomic mass is 9.94. The summed E-state index contributed by atoms with van der Waals surface area (Å²) in [4.78, 5) is 22.8. The van der Waals surface area contributed by atoms with Crippen LogP contribution in [-0.2, 0) is 9.59 Å². The average Bonchev–Trinajstić information content (AvgIpc) is 2.46. The number of hydrogen-bond acceptors (Lipinski definition) is 3. The summed E-state index contributed by atoms with van der Waals surface area (Å²) in [6, 6.07) is 9.40. The molecule has 1 aromatic rings. The molecule has 0 radical (unpaired) electrons. The summed E-state index contributed by atoms with van der Waals surface area (Å²) in [5, 5.41) is 12.5. The predicted molar refractivity (Wildman–Crippen MR) is 75.1 cm³/mol. The van der Waals surface area contributed by atoms with E-state index < -0.39 is 0 Å². The first kappa shape index (κ1) is 14.5. The smallest absolute Gasteiger partial charge is 0.250 e. The fourth-order valence-electron chi connectivity index (χ4n) is 2.29. The standard InChI is InChI=1S/C15H20N2O3/c18-14(16-13-8-4-2-5-9-13)10-6-1-3-7-12-11-17(20)15(12)19/h2,4-5,8-9,12,20H,1,3,6-7,10-11H2,(H,16,18)/t12-/m1/s1. The lowest BCUT2D eigenvalue weighted by molar-refractivity contribution is -0.197. The molecule has 1 fully saturated rings. The highest BCUT2D eigenvalue weighted by Gasteiger charge is 2.34. The van der Waals surface area contributed by atoms with Crippen molar-refractivity contribution in [2.45, 2.75) is 32.1 Å². The number of hydroxylamine groups is 2. The molecule has 1 aliphatic heterocycles. The molecule has 0 unspecified atom stereocenters. The molecule has 2 amide bonds. The van der Waals surface area contributed by atoms with Crippen LogP contribution in [0.2, 0.25) is 0 Å². The minimum atomic E-state index is -0.174. The number of rotatable bonds is 7. The van der Waals surface area contributed by atoms with Crippen LogP contribution >= 0.6 is 0 Å². The number of nitrogens with zero attached hydrogens (tertiary/aromatic N) is 1. The molecule has 0 spiro atoms. The van der Waals surface area contributed by atoms with Gasteiger partial charge in [-0.25, -0.2) is 5.06 Å². The molecule has 1 aromatic carbocycles. The molecular weight excluding hydrogens is 256 g/mol. The summed E-state index contributed by atoms with van der Waals surface area (Å²) in [5.41, 5.74) is 0.820. The molecule has 0 aromatic heterocycles. The van der Waals surface area contributed by atoms with E-state index in [1.165, 1.54) is 0 Å². The van der Waals surface area contributed by atoms with E-state index in [4.69, 9.17) is 5.21 Å². The van der Waals surface area contributed by atoms with E-state index in [1.807, 2.05) is 30.3 Å². The predicted octanol–water partition coefficient (Wildman–Crippen LogP) is 2.42. The van der Waals surface area contributed by atoms with Gasteiger partial charge in [0.05, 0.1) is 12.5 Å². The quantitative estimate of drug-likeness (QED) is 0.456. The second kappa shape index (κ2) is 7.05. The largest absolute Gasteiger partial charge is 0.326 e. The highest BCUT2D eigenvalue weighted by Crippen LogP contribution is 2.21.